The molecule has 28 heavy (non-hydrogen) atoms. The SMILES string of the molecule is N#Cc1ccccc1-c1ccc(/C=N\N2C(=O)[C@H]3[C@H](C2=O)[C@H]2C=C[C@H]3CC2)o1. The molecule has 4 aliphatic rings. The minimum absolute atomic E-state index is 0.143. The van der Waals surface area contributed by atoms with Gasteiger partial charge in [0.2, 0.25) is 0 Å². The van der Waals surface area contributed by atoms with Crippen LogP contribution in [-0.2, 0) is 9.59 Å². The molecule has 0 unspecified atom stereocenters. The summed E-state index contributed by atoms with van der Waals surface area (Å²) in [6.07, 6.45) is 7.47. The Hall–Kier alpha value is -3.46. The average Bonchev–Trinajstić information content (AvgIpc) is 3.32. The molecule has 6 rings (SSSR count). The van der Waals surface area contributed by atoms with Gasteiger partial charge in [-0.25, -0.2) is 0 Å². The number of hydrogen-bond donors (Lipinski definition) is 0. The number of imide groups is 1. The minimum atomic E-state index is -0.275. The molecule has 2 aromatic rings. The summed E-state index contributed by atoms with van der Waals surface area (Å²) in [5.41, 5.74) is 1.20. The Labute approximate surface area is 161 Å². The molecule has 2 heterocycles. The van der Waals surface area contributed by atoms with Gasteiger partial charge < -0.3 is 4.42 Å². The molecule has 0 radical (unpaired) electrons. The van der Waals surface area contributed by atoms with Gasteiger partial charge in [-0.3, -0.25) is 9.59 Å². The normalized spacial score (nSPS) is 28.2. The van der Waals surface area contributed by atoms with Crippen LogP contribution in [0.3, 0.4) is 0 Å². The van der Waals surface area contributed by atoms with E-state index in [4.69, 9.17) is 4.42 Å². The van der Waals surface area contributed by atoms with E-state index in [0.29, 0.717) is 22.6 Å². The van der Waals surface area contributed by atoms with Crippen LogP contribution in [0.2, 0.25) is 0 Å². The number of carbonyl (C=O) groups excluding carboxylic acids is 2. The van der Waals surface area contributed by atoms with Gasteiger partial charge in [0, 0.05) is 5.56 Å². The van der Waals surface area contributed by atoms with E-state index >= 15 is 0 Å². The highest BCUT2D eigenvalue weighted by Gasteiger charge is 2.56. The number of furan rings is 1. The van der Waals surface area contributed by atoms with E-state index in [9.17, 15) is 14.9 Å². The summed E-state index contributed by atoms with van der Waals surface area (Å²) in [5, 5.41) is 14.4. The summed E-state index contributed by atoms with van der Waals surface area (Å²) in [5.74, 6) is 0.256. The van der Waals surface area contributed by atoms with Crippen molar-refractivity contribution in [2.75, 3.05) is 0 Å². The number of nitriles is 1. The Kier molecular flexibility index (Phi) is 3.76. The fraction of sp³-hybridized carbons (Fsp3) is 0.273. The van der Waals surface area contributed by atoms with Gasteiger partial charge in [0.25, 0.3) is 11.8 Å². The van der Waals surface area contributed by atoms with E-state index in [2.05, 4.69) is 23.3 Å². The molecule has 2 fully saturated rings. The van der Waals surface area contributed by atoms with Crippen molar-refractivity contribution >= 4 is 18.0 Å². The van der Waals surface area contributed by atoms with E-state index in [0.717, 1.165) is 17.9 Å². The fourth-order valence-corrected chi connectivity index (χ4v) is 4.65. The molecular formula is C22H17N3O3. The van der Waals surface area contributed by atoms with Crippen molar-refractivity contribution in [3.63, 3.8) is 0 Å². The summed E-state index contributed by atoms with van der Waals surface area (Å²) in [4.78, 5) is 25.5. The first kappa shape index (κ1) is 16.7. The van der Waals surface area contributed by atoms with Crippen molar-refractivity contribution in [3.05, 3.63) is 59.9 Å². The number of hydrogen-bond acceptors (Lipinski definition) is 5. The molecule has 0 N–H and O–H groups in total. The molecule has 1 aliphatic heterocycles. The van der Waals surface area contributed by atoms with Gasteiger partial charge in [-0.05, 0) is 48.9 Å². The van der Waals surface area contributed by atoms with Crippen molar-refractivity contribution in [2.45, 2.75) is 12.8 Å². The van der Waals surface area contributed by atoms with Gasteiger partial charge in [-0.15, -0.1) is 0 Å². The number of allylic oxidation sites excluding steroid dienone is 2. The molecule has 0 spiro atoms. The second kappa shape index (κ2) is 6.31. The van der Waals surface area contributed by atoms with E-state index < -0.39 is 0 Å². The molecule has 2 bridgehead atoms. The first-order valence-electron chi connectivity index (χ1n) is 9.37. The predicted octanol–water partition coefficient (Wildman–Crippen LogP) is 3.35. The van der Waals surface area contributed by atoms with Gasteiger partial charge in [0.15, 0.2) is 0 Å². The lowest BCUT2D eigenvalue weighted by molar-refractivity contribution is -0.140. The second-order valence-electron chi connectivity index (χ2n) is 7.43. The lowest BCUT2D eigenvalue weighted by Gasteiger charge is -2.37. The van der Waals surface area contributed by atoms with Crippen molar-refractivity contribution in [1.82, 2.24) is 5.01 Å². The fourth-order valence-electron chi connectivity index (χ4n) is 4.65. The Morgan fingerprint density at radius 2 is 1.71 bits per heavy atom. The third-order valence-corrected chi connectivity index (χ3v) is 5.98. The number of amides is 2. The van der Waals surface area contributed by atoms with Crippen LogP contribution < -0.4 is 0 Å². The quantitative estimate of drug-likeness (QED) is 0.470. The standard InChI is InChI=1S/C22H17N3O3/c23-11-15-3-1-2-4-17(15)18-10-9-16(28-18)12-24-25-21(26)19-13-5-6-14(8-7-13)20(19)22(25)27/h1-6,9-10,12-14,19-20H,7-8H2/b24-12-/t13-,14-,19+,20+/m0/s1. The Balaban J connectivity index is 1.39. The number of hydrazone groups is 1. The minimum Gasteiger partial charge on any atom is -0.455 e. The molecule has 1 aromatic carbocycles. The Morgan fingerprint density at radius 1 is 1.04 bits per heavy atom. The van der Waals surface area contributed by atoms with E-state index in [1.54, 1.807) is 30.3 Å². The molecule has 4 atom stereocenters. The first-order valence-corrected chi connectivity index (χ1v) is 9.37. The highest BCUT2D eigenvalue weighted by atomic mass is 16.3. The number of benzene rings is 1. The van der Waals surface area contributed by atoms with Crippen LogP contribution in [0.5, 0.6) is 0 Å². The molecule has 2 amide bonds. The summed E-state index contributed by atoms with van der Waals surface area (Å²) in [7, 11) is 0. The largest absolute Gasteiger partial charge is 0.455 e. The van der Waals surface area contributed by atoms with Crippen molar-refractivity contribution in [3.8, 4) is 17.4 Å². The van der Waals surface area contributed by atoms with Gasteiger partial charge in [0.05, 0.1) is 29.7 Å². The molecule has 1 saturated heterocycles. The summed E-state index contributed by atoms with van der Waals surface area (Å²) in [6.45, 7) is 0. The molecule has 6 heteroatoms. The van der Waals surface area contributed by atoms with E-state index in [-0.39, 0.29) is 35.5 Å². The first-order chi connectivity index (χ1) is 13.7. The molecule has 1 saturated carbocycles. The highest BCUT2D eigenvalue weighted by molar-refractivity contribution is 6.06. The van der Waals surface area contributed by atoms with Crippen LogP contribution in [0.25, 0.3) is 11.3 Å². The third kappa shape index (κ3) is 2.43. The molecular weight excluding hydrogens is 354 g/mol. The smallest absolute Gasteiger partial charge is 0.254 e. The zero-order valence-corrected chi connectivity index (χ0v) is 15.0. The average molecular weight is 371 g/mol. The Bertz CT molecular complexity index is 1040. The van der Waals surface area contributed by atoms with Crippen LogP contribution in [0, 0.1) is 35.0 Å². The molecule has 1 aromatic heterocycles. The zero-order chi connectivity index (χ0) is 19.3. The lowest BCUT2D eigenvalue weighted by atomic mass is 9.63. The molecule has 6 nitrogen and oxygen atoms in total. The van der Waals surface area contributed by atoms with Crippen molar-refractivity contribution in [1.29, 1.82) is 5.26 Å². The van der Waals surface area contributed by atoms with Crippen LogP contribution in [0.1, 0.15) is 24.2 Å². The van der Waals surface area contributed by atoms with Crippen LogP contribution in [0.15, 0.2) is 58.1 Å². The van der Waals surface area contributed by atoms with Crippen molar-refractivity contribution in [2.24, 2.45) is 28.8 Å². The van der Waals surface area contributed by atoms with Crippen LogP contribution in [0.4, 0.5) is 0 Å². The van der Waals surface area contributed by atoms with Gasteiger partial charge in [0.1, 0.15) is 11.5 Å². The Morgan fingerprint density at radius 3 is 2.36 bits per heavy atom. The van der Waals surface area contributed by atoms with Crippen molar-refractivity contribution < 1.29 is 14.0 Å². The highest BCUT2D eigenvalue weighted by Crippen LogP contribution is 2.49. The molecule has 138 valence electrons. The van der Waals surface area contributed by atoms with E-state index in [1.807, 2.05) is 6.07 Å². The van der Waals surface area contributed by atoms with E-state index in [1.165, 1.54) is 6.21 Å². The van der Waals surface area contributed by atoms with Gasteiger partial charge in [-0.2, -0.15) is 15.4 Å². The summed E-state index contributed by atoms with van der Waals surface area (Å²) < 4.78 is 5.75. The topological polar surface area (TPSA) is 86.7 Å². The number of fused-ring (bicyclic) bond motifs is 1. The van der Waals surface area contributed by atoms with Gasteiger partial charge >= 0.3 is 0 Å². The maximum absolute atomic E-state index is 12.8. The summed E-state index contributed by atoms with van der Waals surface area (Å²) in [6, 6.07) is 12.7. The van der Waals surface area contributed by atoms with Crippen LogP contribution in [-0.4, -0.2) is 23.0 Å². The maximum atomic E-state index is 12.8. The lowest BCUT2D eigenvalue weighted by Crippen LogP contribution is -2.38. The zero-order valence-electron chi connectivity index (χ0n) is 15.0. The monoisotopic (exact) mass is 371 g/mol. The number of nitrogens with zero attached hydrogens (tertiary/aromatic N) is 3. The van der Waals surface area contributed by atoms with Gasteiger partial charge in [-0.1, -0.05) is 24.3 Å². The van der Waals surface area contributed by atoms with Crippen LogP contribution >= 0.6 is 0 Å². The summed E-state index contributed by atoms with van der Waals surface area (Å²) >= 11 is 0. The second-order valence-corrected chi connectivity index (χ2v) is 7.43. The third-order valence-electron chi connectivity index (χ3n) is 5.98. The predicted molar refractivity (Wildman–Crippen MR) is 101 cm³/mol. The number of rotatable bonds is 3. The number of carbonyl (C=O) groups is 2. The maximum Gasteiger partial charge on any atom is 0.254 e. The molecule has 3 aliphatic carbocycles.